The number of carboxylic acids is 1. The van der Waals surface area contributed by atoms with Crippen LogP contribution in [0.1, 0.15) is 26.5 Å². The highest BCUT2D eigenvalue weighted by atomic mass is 32.1. The quantitative estimate of drug-likeness (QED) is 0.785. The van der Waals surface area contributed by atoms with Crippen molar-refractivity contribution in [3.8, 4) is 16.6 Å². The lowest BCUT2D eigenvalue weighted by molar-refractivity contribution is 0.0701. The average molecular weight is 311 g/mol. The third-order valence-electron chi connectivity index (χ3n) is 3.63. The minimum absolute atomic E-state index is 0.235. The number of hydrogen-bond donors (Lipinski definition) is 1. The van der Waals surface area contributed by atoms with Gasteiger partial charge >= 0.3 is 5.97 Å². The molecule has 110 valence electrons. The molecule has 2 heterocycles. The lowest BCUT2D eigenvalue weighted by Gasteiger charge is -2.03. The summed E-state index contributed by atoms with van der Waals surface area (Å²) in [6.45, 7) is 3.67. The van der Waals surface area contributed by atoms with Gasteiger partial charge in [-0.1, -0.05) is 0 Å². The molecule has 6 heteroatoms. The molecule has 0 fully saturated rings. The van der Waals surface area contributed by atoms with Gasteiger partial charge in [0.05, 0.1) is 16.8 Å². The second-order valence-electron chi connectivity index (χ2n) is 5.19. The molecule has 0 atom stereocenters. The van der Waals surface area contributed by atoms with Gasteiger partial charge in [-0.15, -0.1) is 11.3 Å². The van der Waals surface area contributed by atoms with Gasteiger partial charge in [0, 0.05) is 24.2 Å². The van der Waals surface area contributed by atoms with Crippen molar-refractivity contribution >= 4 is 28.2 Å². The molecule has 0 spiro atoms. The fourth-order valence-electron chi connectivity index (χ4n) is 2.67. The highest BCUT2D eigenvalue weighted by Gasteiger charge is 2.17. The molecular formula is C16H13N3O2S. The van der Waals surface area contributed by atoms with Crippen LogP contribution in [0.4, 0.5) is 0 Å². The van der Waals surface area contributed by atoms with E-state index in [-0.39, 0.29) is 4.88 Å². The molecule has 0 aliphatic heterocycles. The second kappa shape index (κ2) is 4.97. The summed E-state index contributed by atoms with van der Waals surface area (Å²) in [5, 5.41) is 20.2. The minimum Gasteiger partial charge on any atom is -0.477 e. The van der Waals surface area contributed by atoms with Gasteiger partial charge in [0.15, 0.2) is 0 Å². The molecule has 0 saturated carbocycles. The average Bonchev–Trinajstić information content (AvgIpc) is 2.99. The van der Waals surface area contributed by atoms with Gasteiger partial charge in [0.2, 0.25) is 0 Å². The number of aromatic carboxylic acids is 1. The number of fused-ring (bicyclic) bond motifs is 1. The van der Waals surface area contributed by atoms with Crippen molar-refractivity contribution in [1.82, 2.24) is 9.55 Å². The lowest BCUT2D eigenvalue weighted by atomic mass is 10.1. The number of benzene rings is 1. The summed E-state index contributed by atoms with van der Waals surface area (Å²) in [5.41, 5.74) is 3.79. The topological polar surface area (TPSA) is 78.9 Å². The molecule has 0 aliphatic carbocycles. The minimum atomic E-state index is -0.973. The van der Waals surface area contributed by atoms with Crippen LogP contribution in [0, 0.1) is 25.2 Å². The van der Waals surface area contributed by atoms with Crippen LogP contribution in [-0.2, 0) is 7.05 Å². The number of rotatable bonds is 2. The van der Waals surface area contributed by atoms with Gasteiger partial charge in [0.25, 0.3) is 0 Å². The smallest absolute Gasteiger partial charge is 0.347 e. The third-order valence-corrected chi connectivity index (χ3v) is 4.83. The first-order valence-electron chi connectivity index (χ1n) is 6.63. The molecule has 0 aliphatic rings. The summed E-state index contributed by atoms with van der Waals surface area (Å²) in [5.74, 6) is -0.973. The maximum atomic E-state index is 11.2. The van der Waals surface area contributed by atoms with Crippen LogP contribution in [0.25, 0.3) is 21.5 Å². The largest absolute Gasteiger partial charge is 0.477 e. The van der Waals surface area contributed by atoms with Crippen LogP contribution >= 0.6 is 11.3 Å². The van der Waals surface area contributed by atoms with Crippen molar-refractivity contribution in [3.05, 3.63) is 40.0 Å². The monoisotopic (exact) mass is 311 g/mol. The molecule has 0 unspecified atom stereocenters. The zero-order valence-electron chi connectivity index (χ0n) is 12.3. The van der Waals surface area contributed by atoms with E-state index in [0.29, 0.717) is 16.3 Å². The van der Waals surface area contributed by atoms with Crippen LogP contribution in [0.15, 0.2) is 18.3 Å². The van der Waals surface area contributed by atoms with E-state index < -0.39 is 5.97 Å². The number of nitriles is 1. The Morgan fingerprint density at radius 3 is 2.73 bits per heavy atom. The molecule has 1 aromatic carbocycles. The zero-order valence-corrected chi connectivity index (χ0v) is 13.2. The summed E-state index contributed by atoms with van der Waals surface area (Å²) in [6, 6.07) is 5.96. The molecule has 0 bridgehead atoms. The number of thiazole rings is 1. The first-order chi connectivity index (χ1) is 10.4. The predicted molar refractivity (Wildman–Crippen MR) is 85.2 cm³/mol. The lowest BCUT2D eigenvalue weighted by Crippen LogP contribution is -1.94. The van der Waals surface area contributed by atoms with E-state index in [0.717, 1.165) is 33.4 Å². The number of aromatic nitrogens is 2. The Labute approximate surface area is 131 Å². The molecule has 1 N–H and O–H groups in total. The molecule has 22 heavy (non-hydrogen) atoms. The van der Waals surface area contributed by atoms with E-state index in [4.69, 9.17) is 5.11 Å². The van der Waals surface area contributed by atoms with E-state index in [2.05, 4.69) is 11.1 Å². The van der Waals surface area contributed by atoms with Crippen molar-refractivity contribution < 1.29 is 9.90 Å². The predicted octanol–water partition coefficient (Wildman–Crippen LogP) is 3.49. The summed E-state index contributed by atoms with van der Waals surface area (Å²) in [6.07, 6.45) is 1.98. The Kier molecular flexibility index (Phi) is 3.23. The SMILES string of the molecule is Cc1nc(-c2cc(C#N)c3c(c2)c(C)cn3C)sc1C(=O)O. The first kappa shape index (κ1) is 14.3. The standard InChI is InChI=1S/C16H13N3O2S/c1-8-7-19(3)13-11(6-17)4-10(5-12(8)13)15-18-9(2)14(22-15)16(20)21/h4-5,7H,1-3H3,(H,20,21). The fourth-order valence-corrected chi connectivity index (χ4v) is 3.56. The van der Waals surface area contributed by atoms with Gasteiger partial charge in [-0.05, 0) is 31.5 Å². The fraction of sp³-hybridized carbons (Fsp3) is 0.188. The number of nitrogens with zero attached hydrogens (tertiary/aromatic N) is 3. The Morgan fingerprint density at radius 1 is 1.41 bits per heavy atom. The maximum absolute atomic E-state index is 11.2. The van der Waals surface area contributed by atoms with Crippen molar-refractivity contribution in [2.75, 3.05) is 0 Å². The van der Waals surface area contributed by atoms with Gasteiger partial charge < -0.3 is 9.67 Å². The summed E-state index contributed by atoms with van der Waals surface area (Å²) in [7, 11) is 1.91. The Bertz CT molecular complexity index is 960. The third kappa shape index (κ3) is 2.07. The van der Waals surface area contributed by atoms with E-state index in [1.54, 1.807) is 13.0 Å². The molecule has 0 radical (unpaired) electrons. The summed E-state index contributed by atoms with van der Waals surface area (Å²) in [4.78, 5) is 15.8. The Balaban J connectivity index is 2.29. The molecule has 3 rings (SSSR count). The molecule has 5 nitrogen and oxygen atoms in total. The molecule has 2 aromatic heterocycles. The van der Waals surface area contributed by atoms with Gasteiger partial charge in [-0.3, -0.25) is 0 Å². The Morgan fingerprint density at radius 2 is 2.14 bits per heavy atom. The highest BCUT2D eigenvalue weighted by Crippen LogP contribution is 2.33. The van der Waals surface area contributed by atoms with Gasteiger partial charge in [-0.25, -0.2) is 9.78 Å². The van der Waals surface area contributed by atoms with Crippen LogP contribution in [0.3, 0.4) is 0 Å². The summed E-state index contributed by atoms with van der Waals surface area (Å²) < 4.78 is 1.93. The number of aryl methyl sites for hydroxylation is 3. The maximum Gasteiger partial charge on any atom is 0.347 e. The number of hydrogen-bond acceptors (Lipinski definition) is 4. The normalized spacial score (nSPS) is 10.8. The van der Waals surface area contributed by atoms with E-state index in [1.807, 2.05) is 30.8 Å². The van der Waals surface area contributed by atoms with E-state index in [1.165, 1.54) is 0 Å². The van der Waals surface area contributed by atoms with Crippen molar-refractivity contribution in [2.45, 2.75) is 13.8 Å². The van der Waals surface area contributed by atoms with Crippen LogP contribution in [-0.4, -0.2) is 20.6 Å². The zero-order chi connectivity index (χ0) is 16.0. The molecule has 0 saturated heterocycles. The highest BCUT2D eigenvalue weighted by molar-refractivity contribution is 7.17. The van der Waals surface area contributed by atoms with Crippen LogP contribution in [0.5, 0.6) is 0 Å². The van der Waals surface area contributed by atoms with Gasteiger partial charge in [0.1, 0.15) is 16.0 Å². The van der Waals surface area contributed by atoms with Crippen molar-refractivity contribution in [2.24, 2.45) is 7.05 Å². The molecular weight excluding hydrogens is 298 g/mol. The van der Waals surface area contributed by atoms with Crippen molar-refractivity contribution in [3.63, 3.8) is 0 Å². The Hall–Kier alpha value is -2.65. The number of carboxylic acid groups (broad SMARTS) is 1. The molecule has 0 amide bonds. The van der Waals surface area contributed by atoms with Gasteiger partial charge in [-0.2, -0.15) is 5.26 Å². The summed E-state index contributed by atoms with van der Waals surface area (Å²) >= 11 is 1.13. The first-order valence-corrected chi connectivity index (χ1v) is 7.45. The van der Waals surface area contributed by atoms with Crippen LogP contribution in [0.2, 0.25) is 0 Å². The number of carbonyl (C=O) groups is 1. The van der Waals surface area contributed by atoms with Crippen LogP contribution < -0.4 is 0 Å². The second-order valence-corrected chi connectivity index (χ2v) is 6.19. The van der Waals surface area contributed by atoms with E-state index >= 15 is 0 Å². The van der Waals surface area contributed by atoms with Crippen molar-refractivity contribution in [1.29, 1.82) is 5.26 Å². The van der Waals surface area contributed by atoms with E-state index in [9.17, 15) is 10.1 Å². The molecule has 3 aromatic rings.